The fraction of sp³-hybridized carbons (Fsp3) is 0.333. The van der Waals surface area contributed by atoms with Crippen molar-refractivity contribution in [3.05, 3.63) is 48.8 Å². The molecule has 112 valence electrons. The summed E-state index contributed by atoms with van der Waals surface area (Å²) in [4.78, 5) is 6.34. The molecular weight excluding hydrogens is 278 g/mol. The van der Waals surface area contributed by atoms with Gasteiger partial charge in [-0.25, -0.2) is 4.98 Å². The number of rotatable bonds is 4. The molecule has 0 amide bonds. The molecule has 1 aromatic carbocycles. The van der Waals surface area contributed by atoms with Gasteiger partial charge in [-0.2, -0.15) is 5.10 Å². The lowest BCUT2D eigenvalue weighted by Gasteiger charge is -2.27. The summed E-state index contributed by atoms with van der Waals surface area (Å²) < 4.78 is 4.08. The first-order valence-electron chi connectivity index (χ1n) is 7.42. The van der Waals surface area contributed by atoms with E-state index in [1.165, 1.54) is 0 Å². The van der Waals surface area contributed by atoms with Crippen LogP contribution in [0.5, 0.6) is 0 Å². The summed E-state index contributed by atoms with van der Waals surface area (Å²) in [5.41, 5.74) is 1.12. The lowest BCUT2D eigenvalue weighted by atomic mass is 10.2. The number of nitrogens with zero attached hydrogens (tertiary/aromatic N) is 7. The van der Waals surface area contributed by atoms with E-state index < -0.39 is 0 Å². The van der Waals surface area contributed by atoms with Crippen LogP contribution >= 0.6 is 0 Å². The van der Waals surface area contributed by atoms with Crippen molar-refractivity contribution < 1.29 is 0 Å². The fourth-order valence-corrected chi connectivity index (χ4v) is 2.79. The highest BCUT2D eigenvalue weighted by Crippen LogP contribution is 2.21. The second-order valence-corrected chi connectivity index (χ2v) is 5.39. The maximum atomic E-state index is 4.37. The standard InChI is InChI=1S/C15H17N7/c1-2-4-13(5-3-1)15-19-18-14-10-20(7-9-22(14)15)6-8-21-12-16-11-17-21/h1-5,11-12H,6-10H2. The van der Waals surface area contributed by atoms with E-state index in [4.69, 9.17) is 0 Å². The van der Waals surface area contributed by atoms with Crippen molar-refractivity contribution in [1.82, 2.24) is 34.4 Å². The predicted molar refractivity (Wildman–Crippen MR) is 80.8 cm³/mol. The third-order valence-corrected chi connectivity index (χ3v) is 3.98. The van der Waals surface area contributed by atoms with Crippen molar-refractivity contribution >= 4 is 0 Å². The zero-order valence-electron chi connectivity index (χ0n) is 12.2. The SMILES string of the molecule is c1ccc(-c2nnc3n2CCN(CCn2cncn2)C3)cc1. The van der Waals surface area contributed by atoms with Gasteiger partial charge in [0.25, 0.3) is 0 Å². The van der Waals surface area contributed by atoms with Crippen LogP contribution in [0, 0.1) is 0 Å². The lowest BCUT2D eigenvalue weighted by molar-refractivity contribution is 0.207. The van der Waals surface area contributed by atoms with E-state index in [-0.39, 0.29) is 0 Å². The van der Waals surface area contributed by atoms with Gasteiger partial charge in [0.15, 0.2) is 5.82 Å². The Morgan fingerprint density at radius 2 is 1.91 bits per heavy atom. The van der Waals surface area contributed by atoms with Crippen molar-refractivity contribution in [2.75, 3.05) is 13.1 Å². The Morgan fingerprint density at radius 3 is 2.73 bits per heavy atom. The molecule has 2 aromatic heterocycles. The van der Waals surface area contributed by atoms with E-state index in [0.717, 1.165) is 49.9 Å². The van der Waals surface area contributed by atoms with Gasteiger partial charge in [-0.3, -0.25) is 9.58 Å². The summed E-state index contributed by atoms with van der Waals surface area (Å²) in [6.45, 7) is 4.54. The molecule has 0 N–H and O–H groups in total. The van der Waals surface area contributed by atoms with Crippen LogP contribution in [0.25, 0.3) is 11.4 Å². The van der Waals surface area contributed by atoms with Gasteiger partial charge >= 0.3 is 0 Å². The van der Waals surface area contributed by atoms with Crippen LogP contribution in [-0.2, 0) is 19.6 Å². The smallest absolute Gasteiger partial charge is 0.164 e. The molecular formula is C15H17N7. The van der Waals surface area contributed by atoms with Crippen LogP contribution in [0.4, 0.5) is 0 Å². The molecule has 4 rings (SSSR count). The molecule has 1 aliphatic rings. The predicted octanol–water partition coefficient (Wildman–Crippen LogP) is 1.05. The summed E-state index contributed by atoms with van der Waals surface area (Å²) in [6, 6.07) is 10.2. The van der Waals surface area contributed by atoms with E-state index in [2.05, 4.69) is 41.9 Å². The average molecular weight is 295 g/mol. The van der Waals surface area contributed by atoms with Crippen LogP contribution in [0.1, 0.15) is 5.82 Å². The molecule has 3 heterocycles. The second kappa shape index (κ2) is 5.69. The van der Waals surface area contributed by atoms with Crippen LogP contribution in [-0.4, -0.2) is 47.5 Å². The number of hydrogen-bond acceptors (Lipinski definition) is 5. The molecule has 0 saturated carbocycles. The van der Waals surface area contributed by atoms with Crippen LogP contribution < -0.4 is 0 Å². The van der Waals surface area contributed by atoms with Gasteiger partial charge in [-0.05, 0) is 0 Å². The minimum atomic E-state index is 0.828. The first-order chi connectivity index (χ1) is 10.9. The van der Waals surface area contributed by atoms with Crippen LogP contribution in [0.3, 0.4) is 0 Å². The van der Waals surface area contributed by atoms with E-state index in [1.807, 2.05) is 22.9 Å². The Hall–Kier alpha value is -2.54. The van der Waals surface area contributed by atoms with E-state index in [1.54, 1.807) is 12.7 Å². The number of fused-ring (bicyclic) bond motifs is 1. The van der Waals surface area contributed by atoms with E-state index >= 15 is 0 Å². The molecule has 22 heavy (non-hydrogen) atoms. The lowest BCUT2D eigenvalue weighted by Crippen LogP contribution is -2.36. The molecule has 0 atom stereocenters. The molecule has 7 heteroatoms. The minimum Gasteiger partial charge on any atom is -0.309 e. The van der Waals surface area contributed by atoms with E-state index in [0.29, 0.717) is 0 Å². The summed E-state index contributed by atoms with van der Waals surface area (Å²) in [5.74, 6) is 2.00. The highest BCUT2D eigenvalue weighted by molar-refractivity contribution is 5.55. The maximum Gasteiger partial charge on any atom is 0.164 e. The zero-order chi connectivity index (χ0) is 14.8. The van der Waals surface area contributed by atoms with E-state index in [9.17, 15) is 0 Å². The van der Waals surface area contributed by atoms with Crippen molar-refractivity contribution in [1.29, 1.82) is 0 Å². The molecule has 0 bridgehead atoms. The van der Waals surface area contributed by atoms with Gasteiger partial charge in [-0.1, -0.05) is 30.3 Å². The highest BCUT2D eigenvalue weighted by Gasteiger charge is 2.21. The summed E-state index contributed by atoms with van der Waals surface area (Å²) in [6.07, 6.45) is 3.32. The molecule has 0 unspecified atom stereocenters. The second-order valence-electron chi connectivity index (χ2n) is 5.39. The summed E-state index contributed by atoms with van der Waals surface area (Å²) >= 11 is 0. The maximum absolute atomic E-state index is 4.37. The molecule has 0 radical (unpaired) electrons. The molecule has 7 nitrogen and oxygen atoms in total. The average Bonchev–Trinajstić information content (AvgIpc) is 3.23. The monoisotopic (exact) mass is 295 g/mol. The summed E-state index contributed by atoms with van der Waals surface area (Å²) in [7, 11) is 0. The van der Waals surface area contributed by atoms with Crippen molar-refractivity contribution in [3.63, 3.8) is 0 Å². The molecule has 0 aliphatic carbocycles. The Kier molecular flexibility index (Phi) is 3.40. The topological polar surface area (TPSA) is 64.7 Å². The molecule has 0 saturated heterocycles. The number of aromatic nitrogens is 6. The first-order valence-corrected chi connectivity index (χ1v) is 7.42. The first kappa shape index (κ1) is 13.1. The number of benzene rings is 1. The largest absolute Gasteiger partial charge is 0.309 e. The van der Waals surface area contributed by atoms with Gasteiger partial charge < -0.3 is 4.57 Å². The highest BCUT2D eigenvalue weighted by atomic mass is 15.4. The molecule has 3 aromatic rings. The summed E-state index contributed by atoms with van der Waals surface area (Å²) in [5, 5.41) is 12.9. The van der Waals surface area contributed by atoms with Gasteiger partial charge in [0.05, 0.1) is 13.1 Å². The van der Waals surface area contributed by atoms with Crippen molar-refractivity contribution in [2.24, 2.45) is 0 Å². The molecule has 0 spiro atoms. The van der Waals surface area contributed by atoms with Gasteiger partial charge in [-0.15, -0.1) is 10.2 Å². The molecule has 1 aliphatic heterocycles. The van der Waals surface area contributed by atoms with Crippen molar-refractivity contribution in [3.8, 4) is 11.4 Å². The van der Waals surface area contributed by atoms with Crippen molar-refractivity contribution in [2.45, 2.75) is 19.6 Å². The Morgan fingerprint density at radius 1 is 1.00 bits per heavy atom. The fourth-order valence-electron chi connectivity index (χ4n) is 2.79. The Labute approximate surface area is 128 Å². The van der Waals surface area contributed by atoms with Gasteiger partial charge in [0, 0.05) is 25.2 Å². The zero-order valence-corrected chi connectivity index (χ0v) is 12.2. The third-order valence-electron chi connectivity index (χ3n) is 3.98. The quantitative estimate of drug-likeness (QED) is 0.720. The normalized spacial score (nSPS) is 14.9. The molecule has 0 fully saturated rings. The Balaban J connectivity index is 1.47. The van der Waals surface area contributed by atoms with Gasteiger partial charge in [0.1, 0.15) is 18.5 Å². The van der Waals surface area contributed by atoms with Gasteiger partial charge in [0.2, 0.25) is 0 Å². The number of hydrogen-bond donors (Lipinski definition) is 0. The Bertz CT molecular complexity index is 733. The third kappa shape index (κ3) is 2.50. The minimum absolute atomic E-state index is 0.828. The van der Waals surface area contributed by atoms with Crippen LogP contribution in [0.15, 0.2) is 43.0 Å². The van der Waals surface area contributed by atoms with Crippen LogP contribution in [0.2, 0.25) is 0 Å².